The molecule has 4 aromatic rings. The van der Waals surface area contributed by atoms with Crippen molar-refractivity contribution in [3.05, 3.63) is 76.7 Å². The molecule has 6 nitrogen and oxygen atoms in total. The number of hydrogen-bond acceptors (Lipinski definition) is 6. The second-order valence-electron chi connectivity index (χ2n) is 5.98. The highest BCUT2D eigenvalue weighted by Crippen LogP contribution is 2.25. The van der Waals surface area contributed by atoms with E-state index >= 15 is 0 Å². The second-order valence-corrected chi connectivity index (χ2v) is 7.01. The Balaban J connectivity index is 1.51. The van der Waals surface area contributed by atoms with Crippen LogP contribution in [0.25, 0.3) is 22.4 Å². The number of benzene rings is 1. The fraction of sp³-hybridized carbons (Fsp3) is 0.0952. The molecule has 0 saturated heterocycles. The van der Waals surface area contributed by atoms with Crippen molar-refractivity contribution in [2.24, 2.45) is 0 Å². The summed E-state index contributed by atoms with van der Waals surface area (Å²) in [6, 6.07) is 16.2. The predicted molar refractivity (Wildman–Crippen MR) is 106 cm³/mol. The molecule has 3 aromatic heterocycles. The van der Waals surface area contributed by atoms with Crippen LogP contribution in [0.5, 0.6) is 0 Å². The zero-order valence-corrected chi connectivity index (χ0v) is 15.6. The number of hydrogen-bond donors (Lipinski definition) is 1. The minimum atomic E-state index is -0.585. The molecule has 140 valence electrons. The van der Waals surface area contributed by atoms with Crippen LogP contribution >= 0.6 is 11.3 Å². The fourth-order valence-corrected chi connectivity index (χ4v) is 3.40. The highest BCUT2D eigenvalue weighted by Gasteiger charge is 2.17. The van der Waals surface area contributed by atoms with Gasteiger partial charge in [0.05, 0.1) is 23.9 Å². The molecule has 0 bridgehead atoms. The zero-order chi connectivity index (χ0) is 19.3. The number of fused-ring (bicyclic) bond motifs is 1. The van der Waals surface area contributed by atoms with Gasteiger partial charge >= 0.3 is 5.97 Å². The van der Waals surface area contributed by atoms with E-state index in [1.807, 2.05) is 35.7 Å². The molecule has 0 aliphatic rings. The first kappa shape index (κ1) is 17.9. The maximum Gasteiger partial charge on any atom is 0.339 e. The number of carbonyl (C=O) groups excluding carboxylic acids is 2. The van der Waals surface area contributed by atoms with Crippen molar-refractivity contribution in [1.82, 2.24) is 10.3 Å². The van der Waals surface area contributed by atoms with Crippen molar-refractivity contribution < 1.29 is 18.7 Å². The molecule has 28 heavy (non-hydrogen) atoms. The fourth-order valence-electron chi connectivity index (χ4n) is 2.75. The first-order chi connectivity index (χ1) is 13.7. The van der Waals surface area contributed by atoms with Crippen LogP contribution in [0.3, 0.4) is 0 Å². The van der Waals surface area contributed by atoms with Crippen LogP contribution in [0.1, 0.15) is 15.2 Å². The molecule has 0 aliphatic heterocycles. The molecular formula is C21H16N2O4S. The predicted octanol–water partition coefficient (Wildman–Crippen LogP) is 4.03. The minimum Gasteiger partial charge on any atom is -0.463 e. The van der Waals surface area contributed by atoms with Crippen LogP contribution in [-0.4, -0.2) is 23.5 Å². The molecule has 0 atom stereocenters. The summed E-state index contributed by atoms with van der Waals surface area (Å²) in [6.07, 6.45) is 1.54. The molecule has 0 saturated carbocycles. The number of amides is 1. The minimum absolute atomic E-state index is 0.336. The number of furan rings is 1. The van der Waals surface area contributed by atoms with Crippen molar-refractivity contribution in [2.45, 2.75) is 6.54 Å². The van der Waals surface area contributed by atoms with Crippen molar-refractivity contribution in [3.63, 3.8) is 0 Å². The van der Waals surface area contributed by atoms with Gasteiger partial charge in [0.25, 0.3) is 5.91 Å². The van der Waals surface area contributed by atoms with Crippen molar-refractivity contribution in [3.8, 4) is 11.5 Å². The van der Waals surface area contributed by atoms with E-state index in [0.717, 1.165) is 4.88 Å². The average Bonchev–Trinajstić information content (AvgIpc) is 3.43. The Morgan fingerprint density at radius 1 is 1.11 bits per heavy atom. The number of rotatable bonds is 6. The third-order valence-corrected chi connectivity index (χ3v) is 4.96. The normalized spacial score (nSPS) is 10.7. The number of ether oxygens (including phenoxy) is 1. The van der Waals surface area contributed by atoms with Gasteiger partial charge in [0.15, 0.2) is 12.4 Å². The molecule has 1 amide bonds. The van der Waals surface area contributed by atoms with Crippen LogP contribution in [0.4, 0.5) is 0 Å². The van der Waals surface area contributed by atoms with E-state index in [-0.39, 0.29) is 12.5 Å². The van der Waals surface area contributed by atoms with Crippen LogP contribution in [-0.2, 0) is 16.1 Å². The van der Waals surface area contributed by atoms with Crippen LogP contribution in [0.2, 0.25) is 0 Å². The monoisotopic (exact) mass is 392 g/mol. The Hall–Kier alpha value is -3.45. The quantitative estimate of drug-likeness (QED) is 0.501. The largest absolute Gasteiger partial charge is 0.463 e. The summed E-state index contributed by atoms with van der Waals surface area (Å²) in [5.74, 6) is -0.391. The number of thiophene rings is 1. The third-order valence-electron chi connectivity index (χ3n) is 4.08. The van der Waals surface area contributed by atoms with Gasteiger partial charge in [-0.1, -0.05) is 24.3 Å². The summed E-state index contributed by atoms with van der Waals surface area (Å²) in [4.78, 5) is 30.2. The molecule has 0 unspecified atom stereocenters. The molecule has 7 heteroatoms. The summed E-state index contributed by atoms with van der Waals surface area (Å²) in [7, 11) is 0. The number of nitrogens with one attached hydrogen (secondary N) is 1. The Morgan fingerprint density at radius 2 is 2.00 bits per heavy atom. The number of nitrogens with zero attached hydrogens (tertiary/aromatic N) is 1. The lowest BCUT2D eigenvalue weighted by Gasteiger charge is -2.09. The Bertz CT molecular complexity index is 1100. The SMILES string of the molecule is O=C(COC(=O)c1cc(-c2ccco2)nc2ccccc12)NCc1cccs1. The number of esters is 1. The van der Waals surface area contributed by atoms with E-state index in [2.05, 4.69) is 10.3 Å². The highest BCUT2D eigenvalue weighted by molar-refractivity contribution is 7.09. The molecular weight excluding hydrogens is 376 g/mol. The third kappa shape index (κ3) is 3.94. The molecule has 0 fully saturated rings. The average molecular weight is 392 g/mol. The lowest BCUT2D eigenvalue weighted by molar-refractivity contribution is -0.124. The van der Waals surface area contributed by atoms with E-state index in [1.54, 1.807) is 41.9 Å². The van der Waals surface area contributed by atoms with Crippen LogP contribution < -0.4 is 5.32 Å². The van der Waals surface area contributed by atoms with Gasteiger partial charge in [0.2, 0.25) is 0 Å². The van der Waals surface area contributed by atoms with E-state index < -0.39 is 5.97 Å². The topological polar surface area (TPSA) is 81.4 Å². The van der Waals surface area contributed by atoms with Crippen LogP contribution in [0.15, 0.2) is 70.7 Å². The van der Waals surface area contributed by atoms with E-state index in [1.165, 1.54) is 0 Å². The second kappa shape index (κ2) is 8.06. The standard InChI is InChI=1S/C21H16N2O4S/c24-20(22-12-14-5-4-10-28-14)13-27-21(25)16-11-18(19-8-3-9-26-19)23-17-7-2-1-6-15(16)17/h1-11H,12-13H2,(H,22,24). The number of pyridine rings is 1. The zero-order valence-electron chi connectivity index (χ0n) is 14.8. The lowest BCUT2D eigenvalue weighted by Crippen LogP contribution is -2.28. The van der Waals surface area contributed by atoms with Crippen LogP contribution in [0, 0.1) is 0 Å². The maximum atomic E-state index is 12.7. The van der Waals surface area contributed by atoms with E-state index in [4.69, 9.17) is 9.15 Å². The lowest BCUT2D eigenvalue weighted by atomic mass is 10.1. The van der Waals surface area contributed by atoms with Gasteiger partial charge in [-0.05, 0) is 35.7 Å². The first-order valence-corrected chi connectivity index (χ1v) is 9.48. The van der Waals surface area contributed by atoms with Gasteiger partial charge in [-0.15, -0.1) is 11.3 Å². The van der Waals surface area contributed by atoms with Crippen molar-refractivity contribution in [1.29, 1.82) is 0 Å². The first-order valence-electron chi connectivity index (χ1n) is 8.60. The highest BCUT2D eigenvalue weighted by atomic mass is 32.1. The summed E-state index contributed by atoms with van der Waals surface area (Å²) in [6.45, 7) is 0.0613. The molecule has 1 N–H and O–H groups in total. The summed E-state index contributed by atoms with van der Waals surface area (Å²) in [5.41, 5.74) is 1.51. The van der Waals surface area contributed by atoms with Gasteiger partial charge < -0.3 is 14.5 Å². The van der Waals surface area contributed by atoms with E-state index in [9.17, 15) is 9.59 Å². The van der Waals surface area contributed by atoms with Gasteiger partial charge in [-0.3, -0.25) is 4.79 Å². The van der Waals surface area contributed by atoms with Crippen molar-refractivity contribution in [2.75, 3.05) is 6.61 Å². The Labute approximate surface area is 164 Å². The maximum absolute atomic E-state index is 12.7. The number of aromatic nitrogens is 1. The smallest absolute Gasteiger partial charge is 0.339 e. The molecule has 1 aromatic carbocycles. The number of para-hydroxylation sites is 1. The van der Waals surface area contributed by atoms with Crippen molar-refractivity contribution >= 4 is 34.1 Å². The molecule has 0 aliphatic carbocycles. The summed E-state index contributed by atoms with van der Waals surface area (Å²) in [5, 5.41) is 5.32. The molecule has 0 radical (unpaired) electrons. The Morgan fingerprint density at radius 3 is 2.79 bits per heavy atom. The van der Waals surface area contributed by atoms with Gasteiger partial charge in [-0.2, -0.15) is 0 Å². The molecule has 0 spiro atoms. The summed E-state index contributed by atoms with van der Waals surface area (Å²) >= 11 is 1.55. The summed E-state index contributed by atoms with van der Waals surface area (Å²) < 4.78 is 10.6. The molecule has 3 heterocycles. The van der Waals surface area contributed by atoms with Gasteiger partial charge in [0.1, 0.15) is 5.69 Å². The number of carbonyl (C=O) groups is 2. The van der Waals surface area contributed by atoms with Gasteiger partial charge in [-0.25, -0.2) is 9.78 Å². The Kier molecular flexibility index (Phi) is 5.16. The van der Waals surface area contributed by atoms with E-state index in [0.29, 0.717) is 34.5 Å². The molecule has 4 rings (SSSR count). The van der Waals surface area contributed by atoms with Gasteiger partial charge in [0, 0.05) is 10.3 Å².